The summed E-state index contributed by atoms with van der Waals surface area (Å²) in [5, 5.41) is 23.9. The minimum Gasteiger partial charge on any atom is -0.462 e. The van der Waals surface area contributed by atoms with Crippen molar-refractivity contribution in [1.29, 1.82) is 0 Å². The number of nitrogens with one attached hydrogen (secondary N) is 1. The fraction of sp³-hybridized carbons (Fsp3) is 0.803. The smallest absolute Gasteiger partial charge is 0.306 e. The van der Waals surface area contributed by atoms with Gasteiger partial charge in [-0.15, -0.1) is 0 Å². The second-order valence-corrected chi connectivity index (χ2v) is 19.7. The van der Waals surface area contributed by atoms with Gasteiger partial charge in [0.1, 0.15) is 6.10 Å². The van der Waals surface area contributed by atoms with Crippen molar-refractivity contribution in [1.82, 2.24) is 5.32 Å². The van der Waals surface area contributed by atoms with Crippen LogP contribution in [0.4, 0.5) is 0 Å². The Bertz CT molecular complexity index is 1190. The molecule has 390 valence electrons. The van der Waals surface area contributed by atoms with Gasteiger partial charge in [-0.1, -0.05) is 248 Å². The molecule has 6 heteroatoms. The molecule has 0 bridgehead atoms. The molecular formula is C61H111NO5. The van der Waals surface area contributed by atoms with Gasteiger partial charge >= 0.3 is 5.97 Å². The molecule has 3 N–H and O–H groups in total. The van der Waals surface area contributed by atoms with Crippen LogP contribution in [0.15, 0.2) is 60.8 Å². The first kappa shape index (κ1) is 64.6. The van der Waals surface area contributed by atoms with Crippen LogP contribution in [-0.2, 0) is 14.3 Å². The lowest BCUT2D eigenvalue weighted by atomic mass is 10.0. The van der Waals surface area contributed by atoms with Crippen molar-refractivity contribution in [3.63, 3.8) is 0 Å². The average Bonchev–Trinajstić information content (AvgIpc) is 3.32. The second kappa shape index (κ2) is 54.5. The van der Waals surface area contributed by atoms with E-state index in [1.54, 1.807) is 0 Å². The molecule has 0 saturated heterocycles. The number of amides is 1. The highest BCUT2D eigenvalue weighted by Gasteiger charge is 2.24. The van der Waals surface area contributed by atoms with Crippen LogP contribution in [0, 0.1) is 0 Å². The summed E-state index contributed by atoms with van der Waals surface area (Å²) in [5.41, 5.74) is 0. The summed E-state index contributed by atoms with van der Waals surface area (Å²) in [6.07, 6.45) is 68.6. The number of carbonyl (C=O) groups is 2. The number of ether oxygens (including phenoxy) is 1. The normalized spacial score (nSPS) is 13.6. The highest BCUT2D eigenvalue weighted by atomic mass is 16.5. The van der Waals surface area contributed by atoms with Gasteiger partial charge < -0.3 is 20.3 Å². The summed E-state index contributed by atoms with van der Waals surface area (Å²) in [7, 11) is 0. The number of hydrogen-bond donors (Lipinski definition) is 3. The molecule has 0 rings (SSSR count). The first-order valence-electron chi connectivity index (χ1n) is 29.0. The number of allylic oxidation sites excluding steroid dienone is 10. The van der Waals surface area contributed by atoms with Gasteiger partial charge in [0.05, 0.1) is 25.2 Å². The van der Waals surface area contributed by atoms with Crippen molar-refractivity contribution >= 4 is 11.9 Å². The SMILES string of the molecule is CC/C=C/C/C=C/C/C=C/C/C=C/CCCCCC(=O)OC(CCCCCCC/C=C/CCCCCCCC)CC(=O)NC(CO)C(O)CCCCCCCCCCCCCCCCCCC. The summed E-state index contributed by atoms with van der Waals surface area (Å²) in [6, 6.07) is -0.713. The zero-order chi connectivity index (χ0) is 48.8. The van der Waals surface area contributed by atoms with E-state index in [1.807, 2.05) is 0 Å². The van der Waals surface area contributed by atoms with E-state index in [0.29, 0.717) is 19.3 Å². The Labute approximate surface area is 416 Å². The number of esters is 1. The van der Waals surface area contributed by atoms with Crippen molar-refractivity contribution in [2.24, 2.45) is 0 Å². The molecular weight excluding hydrogens is 827 g/mol. The molecule has 0 spiro atoms. The summed E-state index contributed by atoms with van der Waals surface area (Å²) in [4.78, 5) is 26.3. The first-order chi connectivity index (χ1) is 33.0. The topological polar surface area (TPSA) is 95.9 Å². The average molecular weight is 939 g/mol. The molecule has 3 unspecified atom stereocenters. The van der Waals surface area contributed by atoms with E-state index in [4.69, 9.17) is 4.74 Å². The van der Waals surface area contributed by atoms with Crippen molar-refractivity contribution in [2.45, 2.75) is 309 Å². The Balaban J connectivity index is 4.59. The number of unbranched alkanes of at least 4 members (excludes halogenated alkanes) is 30. The Morgan fingerprint density at radius 3 is 1.24 bits per heavy atom. The van der Waals surface area contributed by atoms with Crippen LogP contribution in [0.1, 0.15) is 290 Å². The third kappa shape index (κ3) is 49.8. The van der Waals surface area contributed by atoms with Gasteiger partial charge in [0.15, 0.2) is 0 Å². The fourth-order valence-electron chi connectivity index (χ4n) is 8.71. The highest BCUT2D eigenvalue weighted by molar-refractivity contribution is 5.77. The van der Waals surface area contributed by atoms with Crippen LogP contribution in [0.25, 0.3) is 0 Å². The van der Waals surface area contributed by atoms with Crippen LogP contribution in [0.2, 0.25) is 0 Å². The standard InChI is InChI=1S/C61H111NO5/c1-4-7-10-13-16-19-22-25-28-30-32-35-38-41-44-47-50-53-59(64)58(56-63)62-60(65)55-57(52-49-46-43-40-37-34-31-27-24-21-18-15-12-9-6-3)67-61(66)54-51-48-45-42-39-36-33-29-26-23-20-17-14-11-8-5-2/h8,11,17,20,26-27,29,31,36,39,57-59,63-64H,4-7,9-10,12-16,18-19,21-25,28,30,32-35,37-38,40-56H2,1-3H3,(H,62,65)/b11-8+,20-17+,29-26+,31-27+,39-36+. The van der Waals surface area contributed by atoms with Gasteiger partial charge in [0.2, 0.25) is 5.91 Å². The third-order valence-corrected chi connectivity index (χ3v) is 13.1. The largest absolute Gasteiger partial charge is 0.462 e. The Kier molecular flexibility index (Phi) is 52.5. The predicted octanol–water partition coefficient (Wildman–Crippen LogP) is 18.0. The van der Waals surface area contributed by atoms with E-state index in [0.717, 1.165) is 96.3 Å². The monoisotopic (exact) mass is 938 g/mol. The number of aliphatic hydroxyl groups is 2. The van der Waals surface area contributed by atoms with E-state index in [2.05, 4.69) is 86.8 Å². The van der Waals surface area contributed by atoms with Crippen molar-refractivity contribution in [3.8, 4) is 0 Å². The number of aliphatic hydroxyl groups excluding tert-OH is 2. The van der Waals surface area contributed by atoms with E-state index in [1.165, 1.54) is 148 Å². The van der Waals surface area contributed by atoms with E-state index in [9.17, 15) is 19.8 Å². The molecule has 67 heavy (non-hydrogen) atoms. The summed E-state index contributed by atoms with van der Waals surface area (Å²) >= 11 is 0. The van der Waals surface area contributed by atoms with Gasteiger partial charge in [-0.3, -0.25) is 9.59 Å². The summed E-state index contributed by atoms with van der Waals surface area (Å²) in [6.45, 7) is 6.38. The van der Waals surface area contributed by atoms with E-state index in [-0.39, 0.29) is 24.9 Å². The maximum absolute atomic E-state index is 13.3. The molecule has 0 radical (unpaired) electrons. The second-order valence-electron chi connectivity index (χ2n) is 19.7. The zero-order valence-corrected chi connectivity index (χ0v) is 44.5. The Morgan fingerprint density at radius 1 is 0.448 bits per heavy atom. The molecule has 0 aliphatic rings. The van der Waals surface area contributed by atoms with Crippen LogP contribution in [0.5, 0.6) is 0 Å². The van der Waals surface area contributed by atoms with Crippen LogP contribution in [-0.4, -0.2) is 46.9 Å². The van der Waals surface area contributed by atoms with Gasteiger partial charge in [-0.25, -0.2) is 0 Å². The lowest BCUT2D eigenvalue weighted by molar-refractivity contribution is -0.151. The van der Waals surface area contributed by atoms with E-state index >= 15 is 0 Å². The van der Waals surface area contributed by atoms with Crippen LogP contribution < -0.4 is 5.32 Å². The molecule has 0 aromatic heterocycles. The molecule has 0 aliphatic carbocycles. The number of rotatable bonds is 52. The number of carbonyl (C=O) groups excluding carboxylic acids is 2. The molecule has 0 fully saturated rings. The maximum Gasteiger partial charge on any atom is 0.306 e. The molecule has 6 nitrogen and oxygen atoms in total. The lowest BCUT2D eigenvalue weighted by Gasteiger charge is -2.24. The third-order valence-electron chi connectivity index (χ3n) is 13.1. The van der Waals surface area contributed by atoms with Crippen molar-refractivity contribution in [2.75, 3.05) is 6.61 Å². The van der Waals surface area contributed by atoms with Gasteiger partial charge in [-0.05, 0) is 89.9 Å². The van der Waals surface area contributed by atoms with Gasteiger partial charge in [0.25, 0.3) is 0 Å². The van der Waals surface area contributed by atoms with E-state index < -0.39 is 18.2 Å². The molecule has 0 heterocycles. The van der Waals surface area contributed by atoms with Crippen molar-refractivity contribution < 1.29 is 24.5 Å². The molecule has 3 atom stereocenters. The summed E-state index contributed by atoms with van der Waals surface area (Å²) < 4.78 is 5.94. The number of hydrogen-bond acceptors (Lipinski definition) is 5. The predicted molar refractivity (Wildman–Crippen MR) is 292 cm³/mol. The molecule has 0 aromatic carbocycles. The molecule has 0 aliphatic heterocycles. The van der Waals surface area contributed by atoms with Crippen LogP contribution in [0.3, 0.4) is 0 Å². The fourth-order valence-corrected chi connectivity index (χ4v) is 8.71. The van der Waals surface area contributed by atoms with Gasteiger partial charge in [0, 0.05) is 6.42 Å². The van der Waals surface area contributed by atoms with Crippen molar-refractivity contribution in [3.05, 3.63) is 60.8 Å². The molecule has 1 amide bonds. The molecule has 0 aromatic rings. The summed E-state index contributed by atoms with van der Waals surface area (Å²) in [5.74, 6) is -0.511. The van der Waals surface area contributed by atoms with Crippen LogP contribution >= 0.6 is 0 Å². The maximum atomic E-state index is 13.3. The minimum atomic E-state index is -0.798. The first-order valence-corrected chi connectivity index (χ1v) is 29.0. The highest BCUT2D eigenvalue weighted by Crippen LogP contribution is 2.18. The zero-order valence-electron chi connectivity index (χ0n) is 44.5. The Hall–Kier alpha value is -2.44. The molecule has 0 saturated carbocycles. The lowest BCUT2D eigenvalue weighted by Crippen LogP contribution is -2.46. The Morgan fingerprint density at radius 2 is 0.806 bits per heavy atom. The van der Waals surface area contributed by atoms with Gasteiger partial charge in [-0.2, -0.15) is 0 Å². The minimum absolute atomic E-state index is 0.0588. The quantitative estimate of drug-likeness (QED) is 0.0321.